The fourth-order valence-electron chi connectivity index (χ4n) is 4.15. The van der Waals surface area contributed by atoms with E-state index in [1.807, 2.05) is 54.6 Å². The molecule has 0 spiro atoms. The second-order valence-electron chi connectivity index (χ2n) is 9.24. The summed E-state index contributed by atoms with van der Waals surface area (Å²) in [6.07, 6.45) is 0.170. The van der Waals surface area contributed by atoms with E-state index in [1.165, 1.54) is 31.8 Å². The lowest BCUT2D eigenvalue weighted by atomic mass is 10.0. The standard InChI is InChI=1S/C29H32N2O7S/c1-19(36-20(2)33)28(34)30-16-21-6-12-24(13-7-21)29-37-25(18-39-27-5-3-4-14-31(27)35)15-26(38-29)23-10-8-22(17-32)9-11-23/h3-14,19,25-26,29,32H,15-18H2,1-2H3,(H,30,34)/t19-,25-,26+,29+/m0/s1. The van der Waals surface area contributed by atoms with E-state index in [-0.39, 0.29) is 31.3 Å². The maximum absolute atomic E-state index is 12.1. The number of aliphatic hydroxyl groups excluding tert-OH is 1. The highest BCUT2D eigenvalue weighted by atomic mass is 32.2. The van der Waals surface area contributed by atoms with Gasteiger partial charge in [-0.2, -0.15) is 4.73 Å². The van der Waals surface area contributed by atoms with Gasteiger partial charge in [0, 0.05) is 43.3 Å². The summed E-state index contributed by atoms with van der Waals surface area (Å²) < 4.78 is 18.4. The number of rotatable bonds is 10. The average molecular weight is 553 g/mol. The molecule has 4 rings (SSSR count). The molecular weight excluding hydrogens is 520 g/mol. The van der Waals surface area contributed by atoms with Crippen LogP contribution in [0, 0.1) is 5.21 Å². The minimum absolute atomic E-state index is 0.0292. The van der Waals surface area contributed by atoms with Crippen LogP contribution in [0.5, 0.6) is 0 Å². The first-order chi connectivity index (χ1) is 18.8. The van der Waals surface area contributed by atoms with Crippen molar-refractivity contribution in [1.82, 2.24) is 5.32 Å². The molecule has 2 aromatic carbocycles. The van der Waals surface area contributed by atoms with E-state index in [2.05, 4.69) is 5.32 Å². The number of ether oxygens (including phenoxy) is 3. The van der Waals surface area contributed by atoms with Crippen LogP contribution >= 0.6 is 11.8 Å². The van der Waals surface area contributed by atoms with Crippen LogP contribution < -0.4 is 10.0 Å². The number of amides is 1. The summed E-state index contributed by atoms with van der Waals surface area (Å²) in [4.78, 5) is 23.2. The maximum atomic E-state index is 12.1. The van der Waals surface area contributed by atoms with E-state index in [9.17, 15) is 19.9 Å². The van der Waals surface area contributed by atoms with Crippen LogP contribution in [-0.2, 0) is 37.0 Å². The first-order valence-electron chi connectivity index (χ1n) is 12.7. The summed E-state index contributed by atoms with van der Waals surface area (Å²) in [7, 11) is 0. The smallest absolute Gasteiger partial charge is 0.303 e. The normalized spacial score (nSPS) is 19.7. The number of hydrogen-bond acceptors (Lipinski definition) is 8. The first-order valence-corrected chi connectivity index (χ1v) is 13.7. The Hall–Kier alpha value is -3.44. The summed E-state index contributed by atoms with van der Waals surface area (Å²) in [6.45, 7) is 3.03. The van der Waals surface area contributed by atoms with Gasteiger partial charge < -0.3 is 29.8 Å². The van der Waals surface area contributed by atoms with Gasteiger partial charge in [0.15, 0.2) is 18.6 Å². The summed E-state index contributed by atoms with van der Waals surface area (Å²) in [5.74, 6) is -0.312. The summed E-state index contributed by atoms with van der Waals surface area (Å²) >= 11 is 1.44. The molecule has 1 aliphatic heterocycles. The van der Waals surface area contributed by atoms with E-state index < -0.39 is 18.4 Å². The molecule has 0 radical (unpaired) electrons. The average Bonchev–Trinajstić information content (AvgIpc) is 2.95. The molecule has 39 heavy (non-hydrogen) atoms. The van der Waals surface area contributed by atoms with Crippen molar-refractivity contribution in [2.45, 2.75) is 63.0 Å². The van der Waals surface area contributed by atoms with Gasteiger partial charge >= 0.3 is 5.97 Å². The molecule has 10 heteroatoms. The molecule has 1 aliphatic rings. The highest BCUT2D eigenvalue weighted by Crippen LogP contribution is 2.39. The van der Waals surface area contributed by atoms with Gasteiger partial charge in [0.05, 0.1) is 18.8 Å². The number of benzene rings is 2. The largest absolute Gasteiger partial charge is 0.618 e. The number of carbonyl (C=O) groups excluding carboxylic acids is 2. The summed E-state index contributed by atoms with van der Waals surface area (Å²) in [5, 5.41) is 24.9. The molecule has 9 nitrogen and oxygen atoms in total. The number of thioether (sulfide) groups is 1. The minimum atomic E-state index is -0.865. The van der Waals surface area contributed by atoms with Crippen LogP contribution in [0.4, 0.5) is 0 Å². The maximum Gasteiger partial charge on any atom is 0.303 e. The summed E-state index contributed by atoms with van der Waals surface area (Å²) in [6, 6.07) is 20.5. The molecular formula is C29H32N2O7S. The number of carbonyl (C=O) groups is 2. The third-order valence-corrected chi connectivity index (χ3v) is 7.40. The second kappa shape index (κ2) is 13.6. The van der Waals surface area contributed by atoms with Crippen molar-refractivity contribution in [3.8, 4) is 0 Å². The van der Waals surface area contributed by atoms with E-state index in [0.717, 1.165) is 27.0 Å². The molecule has 1 fully saturated rings. The highest BCUT2D eigenvalue weighted by Gasteiger charge is 2.32. The number of hydrogen-bond donors (Lipinski definition) is 2. The lowest BCUT2D eigenvalue weighted by Gasteiger charge is -2.36. The molecule has 1 aromatic heterocycles. The highest BCUT2D eigenvalue weighted by molar-refractivity contribution is 7.99. The lowest BCUT2D eigenvalue weighted by Crippen LogP contribution is -2.35. The molecule has 3 aromatic rings. The molecule has 0 saturated carbocycles. The van der Waals surface area contributed by atoms with Gasteiger partial charge in [0.25, 0.3) is 10.9 Å². The molecule has 1 amide bonds. The van der Waals surface area contributed by atoms with Gasteiger partial charge in [0.1, 0.15) is 0 Å². The van der Waals surface area contributed by atoms with Crippen LogP contribution in [0.25, 0.3) is 0 Å². The Morgan fingerprint density at radius 1 is 1.08 bits per heavy atom. The van der Waals surface area contributed by atoms with Crippen molar-refractivity contribution in [2.75, 3.05) is 5.75 Å². The number of nitrogens with zero attached hydrogens (tertiary/aromatic N) is 1. The van der Waals surface area contributed by atoms with Crippen molar-refractivity contribution in [1.29, 1.82) is 0 Å². The molecule has 2 heterocycles. The topological polar surface area (TPSA) is 121 Å². The van der Waals surface area contributed by atoms with Gasteiger partial charge in [-0.1, -0.05) is 60.3 Å². The number of pyridine rings is 1. The number of nitrogens with one attached hydrogen (secondary N) is 1. The van der Waals surface area contributed by atoms with E-state index >= 15 is 0 Å². The van der Waals surface area contributed by atoms with Gasteiger partial charge in [-0.05, 0) is 29.7 Å². The zero-order chi connectivity index (χ0) is 27.8. The molecule has 206 valence electrons. The second-order valence-corrected chi connectivity index (χ2v) is 10.3. The quantitative estimate of drug-likeness (QED) is 0.169. The van der Waals surface area contributed by atoms with Crippen LogP contribution in [0.1, 0.15) is 54.9 Å². The Morgan fingerprint density at radius 2 is 1.77 bits per heavy atom. The Bertz CT molecular complexity index is 1250. The molecule has 0 bridgehead atoms. The van der Waals surface area contributed by atoms with Crippen molar-refractivity contribution in [3.05, 3.63) is 100 Å². The van der Waals surface area contributed by atoms with Crippen molar-refractivity contribution < 1.29 is 33.6 Å². The SMILES string of the molecule is CC(=O)O[C@@H](C)C(=O)NCc1ccc([C@@H]2O[C@H](CSc3cccc[n+]3[O-])C[C@H](c3ccc(CO)cc3)O2)cc1. The van der Waals surface area contributed by atoms with E-state index in [4.69, 9.17) is 14.2 Å². The first kappa shape index (κ1) is 28.6. The predicted octanol–water partition coefficient (Wildman–Crippen LogP) is 3.72. The van der Waals surface area contributed by atoms with Crippen molar-refractivity contribution >= 4 is 23.6 Å². The lowest BCUT2D eigenvalue weighted by molar-refractivity contribution is -0.645. The number of esters is 1. The zero-order valence-corrected chi connectivity index (χ0v) is 22.6. The van der Waals surface area contributed by atoms with Crippen LogP contribution in [0.2, 0.25) is 0 Å². The Morgan fingerprint density at radius 3 is 2.44 bits per heavy atom. The van der Waals surface area contributed by atoms with Crippen LogP contribution in [0.3, 0.4) is 0 Å². The third-order valence-electron chi connectivity index (χ3n) is 6.25. The van der Waals surface area contributed by atoms with Gasteiger partial charge in [-0.25, -0.2) is 0 Å². The fourth-order valence-corrected chi connectivity index (χ4v) is 5.09. The van der Waals surface area contributed by atoms with Crippen molar-refractivity contribution in [3.63, 3.8) is 0 Å². The molecule has 2 N–H and O–H groups in total. The number of aliphatic hydroxyl groups is 1. The Balaban J connectivity index is 1.45. The number of aromatic nitrogens is 1. The van der Waals surface area contributed by atoms with Gasteiger partial charge in [0.2, 0.25) is 0 Å². The van der Waals surface area contributed by atoms with E-state index in [1.54, 1.807) is 12.1 Å². The van der Waals surface area contributed by atoms with Crippen LogP contribution in [0.15, 0.2) is 78.0 Å². The monoisotopic (exact) mass is 552 g/mol. The van der Waals surface area contributed by atoms with Crippen LogP contribution in [-0.4, -0.2) is 34.9 Å². The summed E-state index contributed by atoms with van der Waals surface area (Å²) in [5.41, 5.74) is 3.49. The fraction of sp³-hybridized carbons (Fsp3) is 0.345. The third kappa shape index (κ3) is 8.03. The minimum Gasteiger partial charge on any atom is -0.618 e. The Labute approximate surface area is 231 Å². The molecule has 0 aliphatic carbocycles. The predicted molar refractivity (Wildman–Crippen MR) is 144 cm³/mol. The Kier molecular flexibility index (Phi) is 9.94. The van der Waals surface area contributed by atoms with Crippen molar-refractivity contribution in [2.24, 2.45) is 0 Å². The molecule has 1 saturated heterocycles. The zero-order valence-electron chi connectivity index (χ0n) is 21.8. The molecule has 4 atom stereocenters. The van der Waals surface area contributed by atoms with E-state index in [0.29, 0.717) is 17.2 Å². The molecule has 0 unspecified atom stereocenters. The van der Waals surface area contributed by atoms with Gasteiger partial charge in [-0.15, -0.1) is 0 Å². The van der Waals surface area contributed by atoms with Gasteiger partial charge in [-0.3, -0.25) is 9.59 Å².